The van der Waals surface area contributed by atoms with Gasteiger partial charge in [-0.15, -0.1) is 0 Å². The van der Waals surface area contributed by atoms with Gasteiger partial charge in [0.25, 0.3) is 0 Å². The van der Waals surface area contributed by atoms with Crippen LogP contribution in [0.2, 0.25) is 0 Å². The van der Waals surface area contributed by atoms with Crippen LogP contribution in [-0.4, -0.2) is 27.7 Å². The highest BCUT2D eigenvalue weighted by molar-refractivity contribution is 5.74. The van der Waals surface area contributed by atoms with Gasteiger partial charge in [-0.1, -0.05) is 12.1 Å². The van der Waals surface area contributed by atoms with Crippen LogP contribution in [0.4, 0.5) is 0 Å². The van der Waals surface area contributed by atoms with Gasteiger partial charge >= 0.3 is 0 Å². The average molecular weight is 191 g/mol. The summed E-state index contributed by atoms with van der Waals surface area (Å²) in [5.74, 6) is 0.827. The summed E-state index contributed by atoms with van der Waals surface area (Å²) in [5, 5.41) is 8.80. The quantitative estimate of drug-likeness (QED) is 0.658. The number of nitrogens with zero attached hydrogens (tertiary/aromatic N) is 1. The van der Waals surface area contributed by atoms with Crippen LogP contribution in [0.1, 0.15) is 5.82 Å². The smallest absolute Gasteiger partial charge is 0.108 e. The molecule has 1 aromatic carbocycles. The highest BCUT2D eigenvalue weighted by Crippen LogP contribution is 2.10. The Morgan fingerprint density at radius 3 is 2.93 bits per heavy atom. The van der Waals surface area contributed by atoms with Gasteiger partial charge in [-0.25, -0.2) is 4.98 Å². The third kappa shape index (κ3) is 1.76. The molecule has 4 N–H and O–H groups in total. The van der Waals surface area contributed by atoms with Crippen LogP contribution in [0.25, 0.3) is 11.0 Å². The number of fused-ring (bicyclic) bond motifs is 1. The number of aliphatic hydroxyl groups is 1. The van der Waals surface area contributed by atoms with Crippen LogP contribution in [0.15, 0.2) is 24.3 Å². The molecule has 0 amide bonds. The summed E-state index contributed by atoms with van der Waals surface area (Å²) >= 11 is 0. The van der Waals surface area contributed by atoms with Gasteiger partial charge in [0.1, 0.15) is 5.82 Å². The van der Waals surface area contributed by atoms with E-state index in [1.165, 1.54) is 0 Å². The van der Waals surface area contributed by atoms with Crippen molar-refractivity contribution in [2.75, 3.05) is 6.61 Å². The van der Waals surface area contributed by atoms with E-state index >= 15 is 0 Å². The second kappa shape index (κ2) is 3.77. The van der Waals surface area contributed by atoms with Gasteiger partial charge in [0, 0.05) is 12.5 Å². The number of aliphatic hydroxyl groups excluding tert-OH is 1. The maximum atomic E-state index is 8.80. The van der Waals surface area contributed by atoms with Gasteiger partial charge in [0.15, 0.2) is 0 Å². The van der Waals surface area contributed by atoms with Crippen molar-refractivity contribution in [3.05, 3.63) is 30.1 Å². The van der Waals surface area contributed by atoms with Crippen molar-refractivity contribution in [2.45, 2.75) is 12.5 Å². The lowest BCUT2D eigenvalue weighted by molar-refractivity contribution is 0.264. The highest BCUT2D eigenvalue weighted by atomic mass is 16.3. The zero-order valence-electron chi connectivity index (χ0n) is 7.77. The van der Waals surface area contributed by atoms with Crippen molar-refractivity contribution < 1.29 is 5.11 Å². The molecule has 1 heterocycles. The Hall–Kier alpha value is -1.39. The minimum absolute atomic E-state index is 0.0168. The molecular weight excluding hydrogens is 178 g/mol. The third-order valence-corrected chi connectivity index (χ3v) is 2.13. The van der Waals surface area contributed by atoms with E-state index in [9.17, 15) is 0 Å². The monoisotopic (exact) mass is 191 g/mol. The van der Waals surface area contributed by atoms with E-state index in [-0.39, 0.29) is 12.6 Å². The second-order valence-electron chi connectivity index (χ2n) is 3.35. The fourth-order valence-corrected chi connectivity index (χ4v) is 1.42. The summed E-state index contributed by atoms with van der Waals surface area (Å²) in [6.45, 7) is -0.0168. The van der Waals surface area contributed by atoms with Gasteiger partial charge in [-0.05, 0) is 12.1 Å². The normalized spacial score (nSPS) is 13.3. The standard InChI is InChI=1S/C10H13N3O/c11-7(6-14)5-10-12-8-3-1-2-4-9(8)13-10/h1-4,7,14H,5-6,11H2,(H,12,13). The molecule has 74 valence electrons. The molecule has 4 heteroatoms. The Morgan fingerprint density at radius 2 is 2.21 bits per heavy atom. The lowest BCUT2D eigenvalue weighted by atomic mass is 10.2. The van der Waals surface area contributed by atoms with Crippen LogP contribution < -0.4 is 5.73 Å². The lowest BCUT2D eigenvalue weighted by Crippen LogP contribution is -2.27. The predicted octanol–water partition coefficient (Wildman–Crippen LogP) is 0.425. The summed E-state index contributed by atoms with van der Waals surface area (Å²) < 4.78 is 0. The number of rotatable bonds is 3. The van der Waals surface area contributed by atoms with Gasteiger partial charge < -0.3 is 15.8 Å². The van der Waals surface area contributed by atoms with Crippen molar-refractivity contribution in [2.24, 2.45) is 5.73 Å². The molecule has 2 rings (SSSR count). The van der Waals surface area contributed by atoms with Crippen LogP contribution in [0.3, 0.4) is 0 Å². The first-order chi connectivity index (χ1) is 6.79. The Balaban J connectivity index is 2.27. The molecule has 0 saturated heterocycles. The fraction of sp³-hybridized carbons (Fsp3) is 0.300. The number of para-hydroxylation sites is 2. The molecule has 0 spiro atoms. The Kier molecular flexibility index (Phi) is 2.47. The first-order valence-electron chi connectivity index (χ1n) is 4.59. The average Bonchev–Trinajstić information content (AvgIpc) is 2.59. The topological polar surface area (TPSA) is 74.9 Å². The molecule has 1 atom stereocenters. The predicted molar refractivity (Wildman–Crippen MR) is 54.9 cm³/mol. The summed E-state index contributed by atoms with van der Waals surface area (Å²) in [4.78, 5) is 7.51. The van der Waals surface area contributed by atoms with Crippen LogP contribution in [0.5, 0.6) is 0 Å². The minimum atomic E-state index is -0.240. The maximum Gasteiger partial charge on any atom is 0.108 e. The Labute approximate surface area is 81.8 Å². The largest absolute Gasteiger partial charge is 0.395 e. The van der Waals surface area contributed by atoms with E-state index in [1.54, 1.807) is 0 Å². The van der Waals surface area contributed by atoms with E-state index in [2.05, 4.69) is 9.97 Å². The minimum Gasteiger partial charge on any atom is -0.395 e. The SMILES string of the molecule is NC(CO)Cc1nc2ccccc2[nH]1. The first-order valence-corrected chi connectivity index (χ1v) is 4.59. The van der Waals surface area contributed by atoms with Gasteiger partial charge in [-0.3, -0.25) is 0 Å². The molecule has 0 fully saturated rings. The van der Waals surface area contributed by atoms with Crippen LogP contribution in [-0.2, 0) is 6.42 Å². The van der Waals surface area contributed by atoms with Gasteiger partial charge in [0.2, 0.25) is 0 Å². The molecule has 14 heavy (non-hydrogen) atoms. The number of aromatic amines is 1. The summed E-state index contributed by atoms with van der Waals surface area (Å²) in [7, 11) is 0. The lowest BCUT2D eigenvalue weighted by Gasteiger charge is -2.03. The van der Waals surface area contributed by atoms with E-state index in [1.807, 2.05) is 24.3 Å². The highest BCUT2D eigenvalue weighted by Gasteiger charge is 2.06. The van der Waals surface area contributed by atoms with Crippen molar-refractivity contribution >= 4 is 11.0 Å². The second-order valence-corrected chi connectivity index (χ2v) is 3.35. The molecule has 4 nitrogen and oxygen atoms in total. The summed E-state index contributed by atoms with van der Waals surface area (Å²) in [6.07, 6.45) is 0.575. The first kappa shape index (κ1) is 9.18. The summed E-state index contributed by atoms with van der Waals surface area (Å²) in [5.41, 5.74) is 7.56. The molecule has 0 saturated carbocycles. The van der Waals surface area contributed by atoms with Crippen molar-refractivity contribution in [3.63, 3.8) is 0 Å². The Morgan fingerprint density at radius 1 is 1.43 bits per heavy atom. The third-order valence-electron chi connectivity index (χ3n) is 2.13. The zero-order chi connectivity index (χ0) is 9.97. The molecule has 0 aliphatic rings. The molecule has 2 aromatic rings. The number of aromatic nitrogens is 2. The molecule has 1 aromatic heterocycles. The molecule has 1 unspecified atom stereocenters. The number of nitrogens with two attached hydrogens (primary N) is 1. The zero-order valence-corrected chi connectivity index (χ0v) is 7.77. The number of H-pyrrole nitrogens is 1. The molecule has 0 radical (unpaired) electrons. The number of imidazole rings is 1. The number of hydrogen-bond donors (Lipinski definition) is 3. The van der Waals surface area contributed by atoms with E-state index in [0.717, 1.165) is 16.9 Å². The fourth-order valence-electron chi connectivity index (χ4n) is 1.42. The maximum absolute atomic E-state index is 8.80. The van der Waals surface area contributed by atoms with Gasteiger partial charge in [0.05, 0.1) is 17.6 Å². The van der Waals surface area contributed by atoms with Gasteiger partial charge in [-0.2, -0.15) is 0 Å². The van der Waals surface area contributed by atoms with E-state index in [0.29, 0.717) is 6.42 Å². The summed E-state index contributed by atoms with van der Waals surface area (Å²) in [6, 6.07) is 7.57. The van der Waals surface area contributed by atoms with Crippen molar-refractivity contribution in [3.8, 4) is 0 Å². The molecular formula is C10H13N3O. The van der Waals surface area contributed by atoms with Crippen LogP contribution >= 0.6 is 0 Å². The number of hydrogen-bond acceptors (Lipinski definition) is 3. The molecule has 0 bridgehead atoms. The molecule has 0 aliphatic heterocycles. The Bertz CT molecular complexity index is 391. The van der Waals surface area contributed by atoms with Crippen molar-refractivity contribution in [1.82, 2.24) is 9.97 Å². The molecule has 0 aliphatic carbocycles. The van der Waals surface area contributed by atoms with E-state index < -0.39 is 0 Å². The number of benzene rings is 1. The van der Waals surface area contributed by atoms with E-state index in [4.69, 9.17) is 10.8 Å². The number of nitrogens with one attached hydrogen (secondary N) is 1. The van der Waals surface area contributed by atoms with Crippen molar-refractivity contribution in [1.29, 1.82) is 0 Å². The van der Waals surface area contributed by atoms with Crippen LogP contribution in [0, 0.1) is 0 Å².